The van der Waals surface area contributed by atoms with Crippen molar-refractivity contribution in [1.82, 2.24) is 4.31 Å². The lowest BCUT2D eigenvalue weighted by Crippen LogP contribution is -2.37. The zero-order chi connectivity index (χ0) is 26.8. The smallest absolute Gasteiger partial charge is 0.244 e. The first kappa shape index (κ1) is 26.1. The predicted octanol–water partition coefficient (Wildman–Crippen LogP) is 6.25. The molecule has 38 heavy (non-hydrogen) atoms. The third kappa shape index (κ3) is 4.63. The van der Waals surface area contributed by atoms with Crippen molar-refractivity contribution in [1.29, 1.82) is 0 Å². The van der Waals surface area contributed by atoms with Crippen molar-refractivity contribution in [3.05, 3.63) is 133 Å². The highest BCUT2D eigenvalue weighted by Crippen LogP contribution is 2.45. The monoisotopic (exact) mass is 539 g/mol. The Morgan fingerprint density at radius 1 is 0.684 bits per heavy atom. The summed E-state index contributed by atoms with van der Waals surface area (Å²) in [5.74, 6) is 0. The Labute approximate surface area is 225 Å². The van der Waals surface area contributed by atoms with E-state index < -0.39 is 23.2 Å². The Balaban J connectivity index is 1.82. The van der Waals surface area contributed by atoms with Crippen LogP contribution < -0.4 is 15.9 Å². The molecule has 0 aliphatic heterocycles. The summed E-state index contributed by atoms with van der Waals surface area (Å²) in [7, 11) is -7.63. The summed E-state index contributed by atoms with van der Waals surface area (Å²) < 4.78 is 46.0. The van der Waals surface area contributed by atoms with Crippen LogP contribution in [0.1, 0.15) is 25.5 Å². The molecule has 0 aliphatic rings. The van der Waals surface area contributed by atoms with Crippen LogP contribution in [0.25, 0.3) is 10.8 Å². The van der Waals surface area contributed by atoms with Gasteiger partial charge < -0.3 is 4.57 Å². The van der Waals surface area contributed by atoms with Gasteiger partial charge in [-0.15, -0.1) is 0 Å². The zero-order valence-corrected chi connectivity index (χ0v) is 23.1. The van der Waals surface area contributed by atoms with Crippen molar-refractivity contribution in [3.63, 3.8) is 0 Å². The molecule has 192 valence electrons. The van der Waals surface area contributed by atoms with Crippen molar-refractivity contribution < 1.29 is 13.0 Å². The molecular weight excluding hydrogens is 509 g/mol. The van der Waals surface area contributed by atoms with Gasteiger partial charge in [0.1, 0.15) is 0 Å². The molecule has 6 heteroatoms. The lowest BCUT2D eigenvalue weighted by molar-refractivity contribution is 0.357. The second kappa shape index (κ2) is 10.7. The molecule has 0 radical (unpaired) electrons. The molecule has 4 nitrogen and oxygen atoms in total. The average Bonchev–Trinajstić information content (AvgIpc) is 2.97. The van der Waals surface area contributed by atoms with E-state index in [1.165, 1.54) is 4.31 Å². The summed E-state index contributed by atoms with van der Waals surface area (Å²) in [6, 6.07) is 38.7. The van der Waals surface area contributed by atoms with Crippen molar-refractivity contribution in [2.75, 3.05) is 6.54 Å². The Hall–Kier alpha value is -3.50. The Bertz CT molecular complexity index is 1660. The summed E-state index contributed by atoms with van der Waals surface area (Å²) in [4.78, 5) is 0.0804. The standard InChI is InChI=1S/C32H30NO3PS/c1-3-33(25(2)26-15-7-4-8-16-26)38(35,36)32-24-28-18-14-13-17-27(28)23-31(32)37(34,29-19-9-5-10-20-29)30-21-11-6-12-22-30/h4-25H,3H2,1-2H3/t25-/m0/s1. The maximum absolute atomic E-state index is 15.4. The number of fused-ring (bicyclic) bond motifs is 1. The van der Waals surface area contributed by atoms with Crippen LogP contribution in [0, 0.1) is 0 Å². The van der Waals surface area contributed by atoms with E-state index in [0.717, 1.165) is 16.3 Å². The molecule has 0 saturated carbocycles. The predicted molar refractivity (Wildman–Crippen MR) is 158 cm³/mol. The highest BCUT2D eigenvalue weighted by molar-refractivity contribution is 7.91. The van der Waals surface area contributed by atoms with Crippen LogP contribution in [0.3, 0.4) is 0 Å². The molecular formula is C32H30NO3PS. The largest absolute Gasteiger partial charge is 0.309 e. The maximum Gasteiger partial charge on any atom is 0.244 e. The molecule has 1 atom stereocenters. The van der Waals surface area contributed by atoms with Crippen molar-refractivity contribution in [2.24, 2.45) is 0 Å². The molecule has 5 rings (SSSR count). The first-order chi connectivity index (χ1) is 18.4. The molecule has 0 aliphatic carbocycles. The van der Waals surface area contributed by atoms with E-state index in [4.69, 9.17) is 0 Å². The van der Waals surface area contributed by atoms with Crippen LogP contribution in [0.2, 0.25) is 0 Å². The summed E-state index contributed by atoms with van der Waals surface area (Å²) >= 11 is 0. The van der Waals surface area contributed by atoms with Gasteiger partial charge in [0.2, 0.25) is 10.0 Å². The zero-order valence-electron chi connectivity index (χ0n) is 21.4. The van der Waals surface area contributed by atoms with Gasteiger partial charge in [-0.1, -0.05) is 122 Å². The fourth-order valence-corrected chi connectivity index (χ4v) is 10.2. The summed E-state index contributed by atoms with van der Waals surface area (Å²) in [5.41, 5.74) is 0.898. The number of sulfonamides is 1. The average molecular weight is 540 g/mol. The lowest BCUT2D eigenvalue weighted by atomic mass is 10.1. The van der Waals surface area contributed by atoms with Crippen LogP contribution in [-0.2, 0) is 14.6 Å². The minimum atomic E-state index is -4.06. The van der Waals surface area contributed by atoms with Gasteiger partial charge in [-0.3, -0.25) is 0 Å². The summed E-state index contributed by atoms with van der Waals surface area (Å²) in [5, 5.41) is 3.14. The number of benzene rings is 5. The van der Waals surface area contributed by atoms with Crippen LogP contribution in [0.5, 0.6) is 0 Å². The number of hydrogen-bond donors (Lipinski definition) is 0. The lowest BCUT2D eigenvalue weighted by Gasteiger charge is -2.30. The Kier molecular flexibility index (Phi) is 7.36. The molecule has 0 spiro atoms. The summed E-state index contributed by atoms with van der Waals surface area (Å²) in [6.45, 7) is 4.00. The van der Waals surface area contributed by atoms with Gasteiger partial charge in [0.25, 0.3) is 0 Å². The molecule has 5 aromatic rings. The van der Waals surface area contributed by atoms with Gasteiger partial charge in [-0.05, 0) is 35.4 Å². The normalized spacial score (nSPS) is 13.0. The van der Waals surface area contributed by atoms with Gasteiger partial charge >= 0.3 is 0 Å². The second-order valence-corrected chi connectivity index (χ2v) is 13.8. The summed E-state index contributed by atoms with van der Waals surface area (Å²) in [6.07, 6.45) is 0. The van der Waals surface area contributed by atoms with Gasteiger partial charge in [-0.2, -0.15) is 4.31 Å². The SMILES string of the molecule is CCN([C@@H](C)c1ccccc1)S(=O)(=O)c1cc2ccccc2cc1P(=O)(c1ccccc1)c1ccccc1. The van der Waals surface area contributed by atoms with Gasteiger partial charge in [0.05, 0.1) is 4.90 Å². The van der Waals surface area contributed by atoms with Crippen molar-refractivity contribution in [2.45, 2.75) is 24.8 Å². The first-order valence-electron chi connectivity index (χ1n) is 12.7. The third-order valence-corrected chi connectivity index (χ3v) is 12.4. The third-order valence-electron chi connectivity index (χ3n) is 7.02. The number of nitrogens with zero attached hydrogens (tertiary/aromatic N) is 1. The molecule has 5 aromatic carbocycles. The molecule has 0 amide bonds. The highest BCUT2D eigenvalue weighted by Gasteiger charge is 2.38. The van der Waals surface area contributed by atoms with E-state index in [0.29, 0.717) is 15.9 Å². The van der Waals surface area contributed by atoms with Gasteiger partial charge in [-0.25, -0.2) is 8.42 Å². The van der Waals surface area contributed by atoms with E-state index >= 15 is 4.57 Å². The quantitative estimate of drug-likeness (QED) is 0.219. The maximum atomic E-state index is 15.4. The number of rotatable bonds is 8. The van der Waals surface area contributed by atoms with E-state index in [9.17, 15) is 8.42 Å². The fraction of sp³-hybridized carbons (Fsp3) is 0.125. The van der Waals surface area contributed by atoms with Crippen molar-refractivity contribution in [3.8, 4) is 0 Å². The van der Waals surface area contributed by atoms with Gasteiger partial charge in [0.15, 0.2) is 7.14 Å². The topological polar surface area (TPSA) is 54.5 Å². The van der Waals surface area contributed by atoms with Crippen LogP contribution in [0.15, 0.2) is 132 Å². The molecule has 0 unspecified atom stereocenters. The Morgan fingerprint density at radius 2 is 1.13 bits per heavy atom. The second-order valence-electron chi connectivity index (χ2n) is 9.24. The van der Waals surface area contributed by atoms with Crippen LogP contribution in [-0.4, -0.2) is 19.3 Å². The van der Waals surface area contributed by atoms with E-state index in [1.54, 1.807) is 6.07 Å². The molecule has 0 saturated heterocycles. The van der Waals surface area contributed by atoms with Crippen LogP contribution in [0.4, 0.5) is 0 Å². The molecule has 0 fully saturated rings. The first-order valence-corrected chi connectivity index (χ1v) is 15.8. The molecule has 0 heterocycles. The minimum Gasteiger partial charge on any atom is -0.309 e. The van der Waals surface area contributed by atoms with Crippen LogP contribution >= 0.6 is 7.14 Å². The van der Waals surface area contributed by atoms with Gasteiger partial charge in [0, 0.05) is 28.5 Å². The van der Waals surface area contributed by atoms with E-state index in [-0.39, 0.29) is 11.4 Å². The number of hydrogen-bond acceptors (Lipinski definition) is 3. The molecule has 0 bridgehead atoms. The minimum absolute atomic E-state index is 0.0804. The Morgan fingerprint density at radius 3 is 1.63 bits per heavy atom. The fourth-order valence-electron chi connectivity index (χ4n) is 5.04. The van der Waals surface area contributed by atoms with E-state index in [1.807, 2.05) is 135 Å². The van der Waals surface area contributed by atoms with Crippen molar-refractivity contribution >= 4 is 43.9 Å². The van der Waals surface area contributed by atoms with E-state index in [2.05, 4.69) is 0 Å². The molecule has 0 aromatic heterocycles. The highest BCUT2D eigenvalue weighted by atomic mass is 32.2. The molecule has 0 N–H and O–H groups in total.